The molecule has 1 rings (SSSR count). The summed E-state index contributed by atoms with van der Waals surface area (Å²) in [7, 11) is 1.28. The molecule has 4 nitrogen and oxygen atoms in total. The van der Waals surface area contributed by atoms with Gasteiger partial charge in [0.15, 0.2) is 5.41 Å². The minimum atomic E-state index is -1.28. The van der Waals surface area contributed by atoms with Crippen LogP contribution in [0.15, 0.2) is 12.2 Å². The highest BCUT2D eigenvalue weighted by molar-refractivity contribution is 6.03. The van der Waals surface area contributed by atoms with E-state index in [2.05, 4.69) is 0 Å². The van der Waals surface area contributed by atoms with Crippen LogP contribution in [0.3, 0.4) is 0 Å². The highest BCUT2D eigenvalue weighted by Gasteiger charge is 2.50. The summed E-state index contributed by atoms with van der Waals surface area (Å²) in [5.74, 6) is -0.888. The van der Waals surface area contributed by atoms with Gasteiger partial charge in [0.05, 0.1) is 7.11 Å². The predicted molar refractivity (Wildman–Crippen MR) is 63.2 cm³/mol. The Hall–Kier alpha value is -1.32. The number of rotatable bonds is 3. The topological polar surface area (TPSA) is 52.6 Å². The Morgan fingerprint density at radius 1 is 1.41 bits per heavy atom. The van der Waals surface area contributed by atoms with E-state index in [4.69, 9.17) is 9.47 Å². The summed E-state index contributed by atoms with van der Waals surface area (Å²) in [5, 5.41) is 0. The second kappa shape index (κ2) is 4.51. The third-order valence-electron chi connectivity index (χ3n) is 2.77. The van der Waals surface area contributed by atoms with Gasteiger partial charge in [0, 0.05) is 0 Å². The van der Waals surface area contributed by atoms with Crippen LogP contribution < -0.4 is 0 Å². The first-order valence-electron chi connectivity index (χ1n) is 5.76. The van der Waals surface area contributed by atoms with Gasteiger partial charge in [-0.25, -0.2) is 0 Å². The molecule has 1 unspecified atom stereocenters. The molecule has 0 fully saturated rings. The van der Waals surface area contributed by atoms with Crippen LogP contribution >= 0.6 is 0 Å². The van der Waals surface area contributed by atoms with Crippen molar-refractivity contribution in [1.29, 1.82) is 0 Å². The standard InChI is InChI=1S/C13H20O4/c1-9(2)8-13(10(14)16-5)7-6-12(3,4)17-11(13)15/h6-7,9H,8H2,1-5H3. The van der Waals surface area contributed by atoms with Crippen LogP contribution in [-0.2, 0) is 19.1 Å². The third kappa shape index (κ3) is 2.68. The molecule has 0 N–H and O–H groups in total. The number of carbonyl (C=O) groups is 2. The minimum absolute atomic E-state index is 0.188. The number of carbonyl (C=O) groups excluding carboxylic acids is 2. The van der Waals surface area contributed by atoms with Gasteiger partial charge in [0.1, 0.15) is 5.60 Å². The van der Waals surface area contributed by atoms with Gasteiger partial charge in [-0.3, -0.25) is 9.59 Å². The van der Waals surface area contributed by atoms with Crippen LogP contribution in [0.5, 0.6) is 0 Å². The molecule has 0 aromatic carbocycles. The second-order valence-corrected chi connectivity index (χ2v) is 5.39. The fourth-order valence-electron chi connectivity index (χ4n) is 1.99. The molecule has 4 heteroatoms. The third-order valence-corrected chi connectivity index (χ3v) is 2.77. The molecule has 0 aromatic rings. The van der Waals surface area contributed by atoms with Gasteiger partial charge in [-0.15, -0.1) is 0 Å². The van der Waals surface area contributed by atoms with Crippen molar-refractivity contribution in [1.82, 2.24) is 0 Å². The van der Waals surface area contributed by atoms with Crippen LogP contribution in [0.2, 0.25) is 0 Å². The molecule has 0 amide bonds. The Morgan fingerprint density at radius 3 is 2.41 bits per heavy atom. The highest BCUT2D eigenvalue weighted by atomic mass is 16.6. The molecule has 96 valence electrons. The highest BCUT2D eigenvalue weighted by Crippen LogP contribution is 2.37. The lowest BCUT2D eigenvalue weighted by molar-refractivity contribution is -0.176. The van der Waals surface area contributed by atoms with Gasteiger partial charge in [-0.1, -0.05) is 19.9 Å². The number of ether oxygens (including phenoxy) is 2. The molecule has 1 aliphatic heterocycles. The summed E-state index contributed by atoms with van der Waals surface area (Å²) < 4.78 is 10.0. The van der Waals surface area contributed by atoms with E-state index >= 15 is 0 Å². The van der Waals surface area contributed by atoms with Crippen LogP contribution in [-0.4, -0.2) is 24.6 Å². The van der Waals surface area contributed by atoms with Crippen LogP contribution in [0, 0.1) is 11.3 Å². The maximum Gasteiger partial charge on any atom is 0.328 e. The first kappa shape index (κ1) is 13.7. The van der Waals surface area contributed by atoms with Crippen molar-refractivity contribution in [2.75, 3.05) is 7.11 Å². The van der Waals surface area contributed by atoms with Gasteiger partial charge < -0.3 is 9.47 Å². The number of hydrogen-bond donors (Lipinski definition) is 0. The zero-order chi connectivity index (χ0) is 13.3. The van der Waals surface area contributed by atoms with Gasteiger partial charge in [-0.05, 0) is 32.3 Å². The molecule has 0 aliphatic carbocycles. The maximum absolute atomic E-state index is 12.1. The monoisotopic (exact) mass is 240 g/mol. The molecule has 1 atom stereocenters. The van der Waals surface area contributed by atoms with E-state index in [9.17, 15) is 9.59 Å². The van der Waals surface area contributed by atoms with Crippen molar-refractivity contribution in [3.8, 4) is 0 Å². The van der Waals surface area contributed by atoms with E-state index in [0.29, 0.717) is 6.42 Å². The van der Waals surface area contributed by atoms with E-state index in [1.807, 2.05) is 13.8 Å². The van der Waals surface area contributed by atoms with Crippen LogP contribution in [0.25, 0.3) is 0 Å². The average molecular weight is 240 g/mol. The summed E-state index contributed by atoms with van der Waals surface area (Å²) in [5.41, 5.74) is -1.94. The average Bonchev–Trinajstić information content (AvgIpc) is 2.20. The molecule has 0 radical (unpaired) electrons. The number of esters is 2. The molecular weight excluding hydrogens is 220 g/mol. The van der Waals surface area contributed by atoms with Crippen molar-refractivity contribution >= 4 is 11.9 Å². The zero-order valence-corrected chi connectivity index (χ0v) is 11.1. The quantitative estimate of drug-likeness (QED) is 0.430. The smallest absolute Gasteiger partial charge is 0.328 e. The van der Waals surface area contributed by atoms with Crippen molar-refractivity contribution in [3.63, 3.8) is 0 Å². The van der Waals surface area contributed by atoms with Crippen LogP contribution in [0.1, 0.15) is 34.1 Å². The maximum atomic E-state index is 12.1. The molecule has 0 bridgehead atoms. The number of cyclic esters (lactones) is 1. The van der Waals surface area contributed by atoms with E-state index in [1.165, 1.54) is 7.11 Å². The lowest BCUT2D eigenvalue weighted by Gasteiger charge is -2.36. The molecule has 0 spiro atoms. The Bertz CT molecular complexity index is 354. The molecule has 0 saturated heterocycles. The number of hydrogen-bond acceptors (Lipinski definition) is 4. The minimum Gasteiger partial charge on any atom is -0.468 e. The second-order valence-electron chi connectivity index (χ2n) is 5.39. The van der Waals surface area contributed by atoms with Gasteiger partial charge in [-0.2, -0.15) is 0 Å². The first-order chi connectivity index (χ1) is 7.73. The summed E-state index contributed by atoms with van der Waals surface area (Å²) >= 11 is 0. The molecule has 0 saturated carbocycles. The number of methoxy groups -OCH3 is 1. The Labute approximate surface area is 102 Å². The normalized spacial score (nSPS) is 26.8. The van der Waals surface area contributed by atoms with Gasteiger partial charge >= 0.3 is 11.9 Å². The van der Waals surface area contributed by atoms with Crippen molar-refractivity contribution in [2.45, 2.75) is 39.7 Å². The van der Waals surface area contributed by atoms with Crippen molar-refractivity contribution in [2.24, 2.45) is 11.3 Å². The fraction of sp³-hybridized carbons (Fsp3) is 0.692. The van der Waals surface area contributed by atoms with Crippen molar-refractivity contribution < 1.29 is 19.1 Å². The zero-order valence-electron chi connectivity index (χ0n) is 11.1. The lowest BCUT2D eigenvalue weighted by Crippen LogP contribution is -2.47. The SMILES string of the molecule is COC(=O)C1(CC(C)C)C=CC(C)(C)OC1=O. The van der Waals surface area contributed by atoms with E-state index < -0.39 is 23.0 Å². The summed E-state index contributed by atoms with van der Waals surface area (Å²) in [6.45, 7) is 7.45. The largest absolute Gasteiger partial charge is 0.468 e. The van der Waals surface area contributed by atoms with E-state index in [-0.39, 0.29) is 5.92 Å². The molecular formula is C13H20O4. The van der Waals surface area contributed by atoms with Crippen molar-refractivity contribution in [3.05, 3.63) is 12.2 Å². The molecule has 1 heterocycles. The van der Waals surface area contributed by atoms with E-state index in [0.717, 1.165) is 0 Å². The molecule has 1 aliphatic rings. The Kier molecular flexibility index (Phi) is 3.65. The van der Waals surface area contributed by atoms with Crippen LogP contribution in [0.4, 0.5) is 0 Å². The predicted octanol–water partition coefficient (Wildman–Crippen LogP) is 2.08. The molecule has 17 heavy (non-hydrogen) atoms. The Morgan fingerprint density at radius 2 is 2.00 bits per heavy atom. The molecule has 0 aromatic heterocycles. The van der Waals surface area contributed by atoms with E-state index in [1.54, 1.807) is 26.0 Å². The first-order valence-corrected chi connectivity index (χ1v) is 5.76. The fourth-order valence-corrected chi connectivity index (χ4v) is 1.99. The lowest BCUT2D eigenvalue weighted by atomic mass is 9.77. The summed E-state index contributed by atoms with van der Waals surface area (Å²) in [6, 6.07) is 0. The van der Waals surface area contributed by atoms with Gasteiger partial charge in [0.2, 0.25) is 0 Å². The Balaban J connectivity index is 3.16. The summed E-state index contributed by atoms with van der Waals surface area (Å²) in [4.78, 5) is 24.0. The summed E-state index contributed by atoms with van der Waals surface area (Å²) in [6.07, 6.45) is 3.77. The van der Waals surface area contributed by atoms with Gasteiger partial charge in [0.25, 0.3) is 0 Å².